The van der Waals surface area contributed by atoms with E-state index in [1.807, 2.05) is 32.2 Å². The van der Waals surface area contributed by atoms with Gasteiger partial charge >= 0.3 is 0 Å². The maximum absolute atomic E-state index is 12.2. The van der Waals surface area contributed by atoms with E-state index >= 15 is 0 Å². The number of thioether (sulfide) groups is 1. The SMILES string of the molecule is COc1cccc(OC(C)c2nnc(SCC(=O)Nc3ccccc3O)n2C)c1. The largest absolute Gasteiger partial charge is 0.506 e. The van der Waals surface area contributed by atoms with Crippen LogP contribution in [0.1, 0.15) is 18.9 Å². The highest BCUT2D eigenvalue weighted by Gasteiger charge is 2.18. The molecule has 0 saturated carbocycles. The normalized spacial score (nSPS) is 11.7. The number of anilines is 1. The average molecular weight is 414 g/mol. The van der Waals surface area contributed by atoms with Gasteiger partial charge in [0.25, 0.3) is 0 Å². The highest BCUT2D eigenvalue weighted by Crippen LogP contribution is 2.26. The van der Waals surface area contributed by atoms with E-state index in [2.05, 4.69) is 15.5 Å². The Morgan fingerprint density at radius 3 is 2.72 bits per heavy atom. The molecule has 0 aliphatic carbocycles. The number of carbonyl (C=O) groups excluding carboxylic acids is 1. The topological polar surface area (TPSA) is 98.5 Å². The van der Waals surface area contributed by atoms with Crippen molar-refractivity contribution in [3.8, 4) is 17.2 Å². The van der Waals surface area contributed by atoms with Crippen molar-refractivity contribution < 1.29 is 19.4 Å². The summed E-state index contributed by atoms with van der Waals surface area (Å²) in [6.45, 7) is 1.88. The third-order valence-corrected chi connectivity index (χ3v) is 5.12. The first-order chi connectivity index (χ1) is 14.0. The number of rotatable bonds is 8. The molecule has 1 atom stereocenters. The quantitative estimate of drug-likeness (QED) is 0.430. The van der Waals surface area contributed by atoms with Crippen LogP contribution in [0.5, 0.6) is 17.2 Å². The van der Waals surface area contributed by atoms with E-state index in [9.17, 15) is 9.90 Å². The minimum Gasteiger partial charge on any atom is -0.506 e. The molecule has 29 heavy (non-hydrogen) atoms. The van der Waals surface area contributed by atoms with Gasteiger partial charge in [-0.2, -0.15) is 0 Å². The summed E-state index contributed by atoms with van der Waals surface area (Å²) in [4.78, 5) is 12.2. The molecule has 152 valence electrons. The molecule has 1 heterocycles. The number of aromatic nitrogens is 3. The monoisotopic (exact) mass is 414 g/mol. The Kier molecular flexibility index (Phi) is 6.61. The molecule has 0 saturated heterocycles. The highest BCUT2D eigenvalue weighted by atomic mass is 32.2. The van der Waals surface area contributed by atoms with E-state index in [0.717, 1.165) is 0 Å². The molecule has 3 rings (SSSR count). The summed E-state index contributed by atoms with van der Waals surface area (Å²) in [5, 5.41) is 21.3. The standard InChI is InChI=1S/C20H22N4O4S/c1-13(28-15-8-6-7-14(11-15)27-3)19-22-23-20(24(19)2)29-12-18(26)21-16-9-4-5-10-17(16)25/h4-11,13,25H,12H2,1-3H3,(H,21,26). The average Bonchev–Trinajstić information content (AvgIpc) is 3.09. The number of carbonyl (C=O) groups is 1. The number of para-hydroxylation sites is 2. The van der Waals surface area contributed by atoms with E-state index in [4.69, 9.17) is 9.47 Å². The minimum absolute atomic E-state index is 0.0234. The van der Waals surface area contributed by atoms with Gasteiger partial charge in [-0.05, 0) is 31.2 Å². The van der Waals surface area contributed by atoms with Gasteiger partial charge in [0.1, 0.15) is 17.2 Å². The second kappa shape index (κ2) is 9.33. The fourth-order valence-electron chi connectivity index (χ4n) is 2.63. The number of aromatic hydroxyl groups is 1. The number of nitrogens with one attached hydrogen (secondary N) is 1. The van der Waals surface area contributed by atoms with Crippen LogP contribution in [-0.4, -0.2) is 38.6 Å². The highest BCUT2D eigenvalue weighted by molar-refractivity contribution is 7.99. The smallest absolute Gasteiger partial charge is 0.234 e. The molecular weight excluding hydrogens is 392 g/mol. The van der Waals surface area contributed by atoms with E-state index < -0.39 is 0 Å². The van der Waals surface area contributed by atoms with Gasteiger partial charge in [0.15, 0.2) is 17.1 Å². The Bertz CT molecular complexity index is 992. The van der Waals surface area contributed by atoms with Crippen molar-refractivity contribution in [2.75, 3.05) is 18.2 Å². The van der Waals surface area contributed by atoms with Gasteiger partial charge in [-0.25, -0.2) is 0 Å². The van der Waals surface area contributed by atoms with E-state index in [-0.39, 0.29) is 23.5 Å². The van der Waals surface area contributed by atoms with Gasteiger partial charge in [-0.15, -0.1) is 10.2 Å². The van der Waals surface area contributed by atoms with Crippen molar-refractivity contribution in [2.24, 2.45) is 7.05 Å². The molecule has 2 aromatic carbocycles. The number of phenolic OH excluding ortho intramolecular Hbond substituents is 1. The fraction of sp³-hybridized carbons (Fsp3) is 0.250. The van der Waals surface area contributed by atoms with Gasteiger partial charge in [-0.1, -0.05) is 30.0 Å². The lowest BCUT2D eigenvalue weighted by Gasteiger charge is -2.14. The number of amides is 1. The van der Waals surface area contributed by atoms with Crippen LogP contribution in [0.25, 0.3) is 0 Å². The van der Waals surface area contributed by atoms with Crippen molar-refractivity contribution in [1.82, 2.24) is 14.8 Å². The Balaban J connectivity index is 1.59. The zero-order valence-electron chi connectivity index (χ0n) is 16.3. The van der Waals surface area contributed by atoms with Crippen molar-refractivity contribution in [3.05, 3.63) is 54.4 Å². The number of ether oxygens (including phenoxy) is 2. The summed E-state index contributed by atoms with van der Waals surface area (Å²) in [6.07, 6.45) is -0.343. The first-order valence-corrected chi connectivity index (χ1v) is 9.87. The first kappa shape index (κ1) is 20.5. The van der Waals surface area contributed by atoms with E-state index in [1.54, 1.807) is 35.9 Å². The lowest BCUT2D eigenvalue weighted by molar-refractivity contribution is -0.113. The molecule has 1 unspecified atom stereocenters. The van der Waals surface area contributed by atoms with Crippen LogP contribution in [0.2, 0.25) is 0 Å². The molecule has 2 N–H and O–H groups in total. The number of benzene rings is 2. The Morgan fingerprint density at radius 1 is 1.21 bits per heavy atom. The fourth-order valence-corrected chi connectivity index (χ4v) is 3.35. The van der Waals surface area contributed by atoms with Gasteiger partial charge in [0.05, 0.1) is 18.6 Å². The predicted molar refractivity (Wildman–Crippen MR) is 111 cm³/mol. The molecule has 9 heteroatoms. The molecule has 0 radical (unpaired) electrons. The van der Waals surface area contributed by atoms with Crippen LogP contribution < -0.4 is 14.8 Å². The molecule has 1 amide bonds. The second-order valence-electron chi connectivity index (χ2n) is 6.19. The molecule has 0 bridgehead atoms. The number of hydrogen-bond donors (Lipinski definition) is 2. The molecular formula is C20H22N4O4S. The molecule has 0 spiro atoms. The summed E-state index contributed by atoms with van der Waals surface area (Å²) >= 11 is 1.25. The Morgan fingerprint density at radius 2 is 1.97 bits per heavy atom. The molecule has 0 fully saturated rings. The van der Waals surface area contributed by atoms with Gasteiger partial charge in [-0.3, -0.25) is 4.79 Å². The summed E-state index contributed by atoms with van der Waals surface area (Å²) in [7, 11) is 3.42. The Labute approximate surface area is 172 Å². The van der Waals surface area contributed by atoms with Crippen molar-refractivity contribution in [3.63, 3.8) is 0 Å². The zero-order chi connectivity index (χ0) is 20.8. The van der Waals surface area contributed by atoms with E-state index in [0.29, 0.717) is 28.2 Å². The maximum Gasteiger partial charge on any atom is 0.234 e. The summed E-state index contributed by atoms with van der Waals surface area (Å²) in [5.41, 5.74) is 0.372. The van der Waals surface area contributed by atoms with Crippen LogP contribution in [0.15, 0.2) is 53.7 Å². The summed E-state index contributed by atoms with van der Waals surface area (Å²) in [6, 6.07) is 13.9. The zero-order valence-corrected chi connectivity index (χ0v) is 17.1. The summed E-state index contributed by atoms with van der Waals surface area (Å²) in [5.74, 6) is 1.91. The third-order valence-electron chi connectivity index (χ3n) is 4.10. The van der Waals surface area contributed by atoms with Crippen LogP contribution in [0.3, 0.4) is 0 Å². The predicted octanol–water partition coefficient (Wildman–Crippen LogP) is 3.40. The van der Waals surface area contributed by atoms with Crippen LogP contribution in [0.4, 0.5) is 5.69 Å². The van der Waals surface area contributed by atoms with Gasteiger partial charge in [0, 0.05) is 13.1 Å². The minimum atomic E-state index is -0.343. The van der Waals surface area contributed by atoms with Crippen LogP contribution in [-0.2, 0) is 11.8 Å². The summed E-state index contributed by atoms with van der Waals surface area (Å²) < 4.78 is 12.9. The first-order valence-electron chi connectivity index (χ1n) is 8.88. The molecule has 3 aromatic rings. The molecule has 1 aromatic heterocycles. The second-order valence-corrected chi connectivity index (χ2v) is 7.14. The molecule has 8 nitrogen and oxygen atoms in total. The molecule has 0 aliphatic rings. The van der Waals surface area contributed by atoms with Gasteiger partial charge in [0.2, 0.25) is 5.91 Å². The number of phenols is 1. The van der Waals surface area contributed by atoms with Gasteiger partial charge < -0.3 is 24.5 Å². The number of methoxy groups -OCH3 is 1. The number of nitrogens with zero attached hydrogens (tertiary/aromatic N) is 3. The lowest BCUT2D eigenvalue weighted by atomic mass is 10.3. The maximum atomic E-state index is 12.2. The van der Waals surface area contributed by atoms with E-state index in [1.165, 1.54) is 17.8 Å². The van der Waals surface area contributed by atoms with Crippen molar-refractivity contribution in [1.29, 1.82) is 0 Å². The Hall–Kier alpha value is -3.20. The molecule has 0 aliphatic heterocycles. The number of hydrogen-bond acceptors (Lipinski definition) is 7. The van der Waals surface area contributed by atoms with Crippen LogP contribution >= 0.6 is 11.8 Å². The third kappa shape index (κ3) is 5.20. The van der Waals surface area contributed by atoms with Crippen molar-refractivity contribution >= 4 is 23.4 Å². The van der Waals surface area contributed by atoms with Crippen LogP contribution in [0, 0.1) is 0 Å². The lowest BCUT2D eigenvalue weighted by Crippen LogP contribution is -2.15. The van der Waals surface area contributed by atoms with Crippen molar-refractivity contribution in [2.45, 2.75) is 18.2 Å².